The highest BCUT2D eigenvalue weighted by Gasteiger charge is 2.42. The molecule has 0 radical (unpaired) electrons. The third kappa shape index (κ3) is 3.44. The number of aliphatic carboxylic acids is 1. The van der Waals surface area contributed by atoms with Crippen molar-refractivity contribution in [1.82, 2.24) is 10.2 Å². The topological polar surface area (TPSA) is 69.6 Å². The lowest BCUT2D eigenvalue weighted by Gasteiger charge is -2.41. The summed E-state index contributed by atoms with van der Waals surface area (Å²) in [5.74, 6) is -0.786. The first-order chi connectivity index (χ1) is 9.32. The largest absolute Gasteiger partial charge is 0.481 e. The summed E-state index contributed by atoms with van der Waals surface area (Å²) >= 11 is 0. The van der Waals surface area contributed by atoms with E-state index in [-0.39, 0.29) is 11.6 Å². The number of hydrogen-bond acceptors (Lipinski definition) is 2. The van der Waals surface area contributed by atoms with Crippen LogP contribution in [0.15, 0.2) is 0 Å². The van der Waals surface area contributed by atoms with Crippen LogP contribution in [0.4, 0.5) is 4.79 Å². The van der Waals surface area contributed by atoms with Crippen molar-refractivity contribution in [2.24, 2.45) is 5.41 Å². The Hall–Kier alpha value is -1.26. The number of carboxylic acid groups (broad SMARTS) is 1. The average molecular weight is 284 g/mol. The van der Waals surface area contributed by atoms with E-state index in [1.165, 1.54) is 0 Å². The highest BCUT2D eigenvalue weighted by molar-refractivity contribution is 5.79. The lowest BCUT2D eigenvalue weighted by Crippen LogP contribution is -2.56. The zero-order chi connectivity index (χ0) is 15.4. The number of nitrogens with zero attached hydrogens (tertiary/aromatic N) is 1. The molecule has 1 heterocycles. The van der Waals surface area contributed by atoms with Crippen LogP contribution >= 0.6 is 0 Å². The second-order valence-electron chi connectivity index (χ2n) is 6.16. The molecule has 1 atom stereocenters. The number of rotatable bonds is 5. The number of nitrogens with one attached hydrogen (secondary N) is 1. The summed E-state index contributed by atoms with van der Waals surface area (Å²) in [6.45, 7) is 8.97. The highest BCUT2D eigenvalue weighted by Crippen LogP contribution is 2.33. The van der Waals surface area contributed by atoms with Crippen LogP contribution in [0.3, 0.4) is 0 Å². The number of piperidine rings is 1. The SMILES string of the molecule is CCC(C)(CC)NC(=O)N1CCCC(CC)(C(=O)O)C1. The van der Waals surface area contributed by atoms with Crippen molar-refractivity contribution in [2.75, 3.05) is 13.1 Å². The van der Waals surface area contributed by atoms with Gasteiger partial charge in [-0.3, -0.25) is 4.79 Å². The maximum Gasteiger partial charge on any atom is 0.317 e. The molecule has 20 heavy (non-hydrogen) atoms. The number of likely N-dealkylation sites (tertiary alicyclic amines) is 1. The number of carbonyl (C=O) groups excluding carboxylic acids is 1. The van der Waals surface area contributed by atoms with Crippen LogP contribution in [0.25, 0.3) is 0 Å². The van der Waals surface area contributed by atoms with Gasteiger partial charge in [0.1, 0.15) is 0 Å². The average Bonchev–Trinajstić information content (AvgIpc) is 2.46. The van der Waals surface area contributed by atoms with Crippen LogP contribution in [-0.4, -0.2) is 40.6 Å². The van der Waals surface area contributed by atoms with Gasteiger partial charge in [0, 0.05) is 18.6 Å². The minimum absolute atomic E-state index is 0.130. The van der Waals surface area contributed by atoms with Gasteiger partial charge in [0.2, 0.25) is 0 Å². The monoisotopic (exact) mass is 284 g/mol. The van der Waals surface area contributed by atoms with Gasteiger partial charge in [-0.1, -0.05) is 20.8 Å². The first kappa shape index (κ1) is 16.8. The van der Waals surface area contributed by atoms with E-state index in [9.17, 15) is 14.7 Å². The van der Waals surface area contributed by atoms with E-state index < -0.39 is 11.4 Å². The van der Waals surface area contributed by atoms with Gasteiger partial charge < -0.3 is 15.3 Å². The summed E-state index contributed by atoms with van der Waals surface area (Å²) in [4.78, 5) is 25.6. The quantitative estimate of drug-likeness (QED) is 0.815. The molecule has 0 spiro atoms. The van der Waals surface area contributed by atoms with E-state index in [2.05, 4.69) is 5.32 Å². The Balaban J connectivity index is 2.77. The van der Waals surface area contributed by atoms with Crippen molar-refractivity contribution >= 4 is 12.0 Å². The van der Waals surface area contributed by atoms with E-state index >= 15 is 0 Å². The molecule has 0 aromatic heterocycles. The second-order valence-corrected chi connectivity index (χ2v) is 6.16. The first-order valence-electron chi connectivity index (χ1n) is 7.63. The van der Waals surface area contributed by atoms with E-state index in [0.29, 0.717) is 25.9 Å². The van der Waals surface area contributed by atoms with Gasteiger partial charge in [0.15, 0.2) is 0 Å². The number of carboxylic acids is 1. The van der Waals surface area contributed by atoms with E-state index in [0.717, 1.165) is 19.3 Å². The van der Waals surface area contributed by atoms with Crippen LogP contribution in [0, 0.1) is 5.41 Å². The lowest BCUT2D eigenvalue weighted by atomic mass is 9.78. The van der Waals surface area contributed by atoms with Gasteiger partial charge in [-0.25, -0.2) is 4.79 Å². The van der Waals surface area contributed by atoms with E-state index in [1.54, 1.807) is 4.90 Å². The maximum atomic E-state index is 12.4. The molecule has 5 heteroatoms. The molecule has 5 nitrogen and oxygen atoms in total. The Morgan fingerprint density at radius 2 is 1.90 bits per heavy atom. The zero-order valence-corrected chi connectivity index (χ0v) is 13.2. The molecule has 0 bridgehead atoms. The molecule has 1 rings (SSSR count). The van der Waals surface area contributed by atoms with Gasteiger partial charge in [0.05, 0.1) is 5.41 Å². The molecule has 1 aliphatic heterocycles. The van der Waals surface area contributed by atoms with Crippen LogP contribution < -0.4 is 5.32 Å². The van der Waals surface area contributed by atoms with Gasteiger partial charge in [0.25, 0.3) is 0 Å². The standard InChI is InChI=1S/C15H28N2O3/c1-5-14(4,6-2)16-13(20)17-10-8-9-15(7-3,11-17)12(18)19/h5-11H2,1-4H3,(H,16,20)(H,18,19). The number of urea groups is 1. The maximum absolute atomic E-state index is 12.4. The number of hydrogen-bond donors (Lipinski definition) is 2. The van der Waals surface area contributed by atoms with Crippen molar-refractivity contribution in [3.8, 4) is 0 Å². The molecule has 0 aromatic rings. The molecule has 1 unspecified atom stereocenters. The molecule has 1 fully saturated rings. The van der Waals surface area contributed by atoms with Gasteiger partial charge in [-0.2, -0.15) is 0 Å². The Kier molecular flexibility index (Phi) is 5.42. The van der Waals surface area contributed by atoms with Crippen LogP contribution in [-0.2, 0) is 4.79 Å². The predicted octanol–water partition coefficient (Wildman–Crippen LogP) is 2.85. The third-order valence-electron chi connectivity index (χ3n) is 4.96. The summed E-state index contributed by atoms with van der Waals surface area (Å²) < 4.78 is 0. The fourth-order valence-electron chi connectivity index (χ4n) is 2.68. The Bertz CT molecular complexity index is 366. The summed E-state index contributed by atoms with van der Waals surface area (Å²) in [7, 11) is 0. The Morgan fingerprint density at radius 3 is 2.35 bits per heavy atom. The molecule has 0 aliphatic carbocycles. The van der Waals surface area contributed by atoms with Crippen molar-refractivity contribution in [3.05, 3.63) is 0 Å². The molecule has 2 N–H and O–H groups in total. The van der Waals surface area contributed by atoms with E-state index in [4.69, 9.17) is 0 Å². The summed E-state index contributed by atoms with van der Waals surface area (Å²) in [5, 5.41) is 12.5. The predicted molar refractivity (Wildman–Crippen MR) is 78.7 cm³/mol. The van der Waals surface area contributed by atoms with Crippen LogP contribution in [0.5, 0.6) is 0 Å². The van der Waals surface area contributed by atoms with Crippen molar-refractivity contribution < 1.29 is 14.7 Å². The van der Waals surface area contributed by atoms with Gasteiger partial charge in [-0.15, -0.1) is 0 Å². The summed E-state index contributed by atoms with van der Waals surface area (Å²) in [6.07, 6.45) is 3.69. The van der Waals surface area contributed by atoms with E-state index in [1.807, 2.05) is 27.7 Å². The molecule has 2 amide bonds. The third-order valence-corrected chi connectivity index (χ3v) is 4.96. The molecular weight excluding hydrogens is 256 g/mol. The van der Waals surface area contributed by atoms with Crippen LogP contribution in [0.1, 0.15) is 59.8 Å². The molecule has 1 saturated heterocycles. The van der Waals surface area contributed by atoms with Gasteiger partial charge in [-0.05, 0) is 39.0 Å². The number of amides is 2. The Labute approximate surface area is 121 Å². The molecule has 1 aliphatic rings. The fraction of sp³-hybridized carbons (Fsp3) is 0.867. The first-order valence-corrected chi connectivity index (χ1v) is 7.63. The molecule has 0 aromatic carbocycles. The normalized spacial score (nSPS) is 23.5. The zero-order valence-electron chi connectivity index (χ0n) is 13.2. The molecular formula is C15H28N2O3. The lowest BCUT2D eigenvalue weighted by molar-refractivity contribution is -0.152. The highest BCUT2D eigenvalue weighted by atomic mass is 16.4. The fourth-order valence-corrected chi connectivity index (χ4v) is 2.68. The summed E-state index contributed by atoms with van der Waals surface area (Å²) in [5.41, 5.74) is -0.989. The van der Waals surface area contributed by atoms with Gasteiger partial charge >= 0.3 is 12.0 Å². The van der Waals surface area contributed by atoms with Crippen molar-refractivity contribution in [2.45, 2.75) is 65.3 Å². The van der Waals surface area contributed by atoms with Crippen LogP contribution in [0.2, 0.25) is 0 Å². The van der Waals surface area contributed by atoms with Crippen molar-refractivity contribution in [1.29, 1.82) is 0 Å². The smallest absolute Gasteiger partial charge is 0.317 e. The molecule has 0 saturated carbocycles. The van der Waals surface area contributed by atoms with Crippen molar-refractivity contribution in [3.63, 3.8) is 0 Å². The minimum atomic E-state index is -0.786. The summed E-state index contributed by atoms with van der Waals surface area (Å²) in [6, 6.07) is -0.130. The molecule has 116 valence electrons. The second kappa shape index (κ2) is 6.46. The Morgan fingerprint density at radius 1 is 1.30 bits per heavy atom. The number of carbonyl (C=O) groups is 2. The minimum Gasteiger partial charge on any atom is -0.481 e.